The minimum absolute atomic E-state index is 0.0470. The van der Waals surface area contributed by atoms with E-state index in [9.17, 15) is 18.0 Å². The van der Waals surface area contributed by atoms with Gasteiger partial charge in [0.1, 0.15) is 5.69 Å². The molecule has 3 heterocycles. The number of tetrazole rings is 1. The second kappa shape index (κ2) is 10.2. The molecular formula is C24H15Cl2F3N8O. The normalized spacial score (nSPS) is 11.5. The molecule has 0 spiro atoms. The molecule has 0 aliphatic carbocycles. The van der Waals surface area contributed by atoms with Crippen LogP contribution in [-0.2, 0) is 12.7 Å². The lowest BCUT2D eigenvalue weighted by Gasteiger charge is -2.09. The van der Waals surface area contributed by atoms with E-state index in [0.717, 1.165) is 17.8 Å². The standard InChI is InChI=1S/C24H15Cl2F3N8O/c25-17-7-16(8-18(26)9-17)20-10-19(15-5-6-21(30-11-15)24(27,28)29)34-37(20)12-13-1-3-14(4-2-13)22(38)31-23-32-35-36-33-23/h1-11H,12H2,(H2,31,32,33,35,36,38). The molecule has 0 radical (unpaired) electrons. The van der Waals surface area contributed by atoms with Crippen molar-refractivity contribution in [2.24, 2.45) is 0 Å². The molecule has 9 nitrogen and oxygen atoms in total. The van der Waals surface area contributed by atoms with Crippen LogP contribution in [0, 0.1) is 0 Å². The second-order valence-corrected chi connectivity index (χ2v) is 8.92. The van der Waals surface area contributed by atoms with Gasteiger partial charge in [0, 0.05) is 32.9 Å². The SMILES string of the molecule is O=C(Nc1nn[nH]n1)c1ccc(Cn2nc(-c3ccc(C(F)(F)F)nc3)cc2-c2cc(Cl)cc(Cl)c2)cc1. The van der Waals surface area contributed by atoms with E-state index in [1.54, 1.807) is 53.2 Å². The van der Waals surface area contributed by atoms with Crippen molar-refractivity contribution in [2.75, 3.05) is 5.32 Å². The predicted molar refractivity (Wildman–Crippen MR) is 134 cm³/mol. The van der Waals surface area contributed by atoms with E-state index >= 15 is 0 Å². The van der Waals surface area contributed by atoms with Crippen molar-refractivity contribution in [2.45, 2.75) is 12.7 Å². The maximum atomic E-state index is 13.0. The number of hydrogen-bond acceptors (Lipinski definition) is 6. The van der Waals surface area contributed by atoms with E-state index in [-0.39, 0.29) is 12.5 Å². The molecule has 0 saturated carbocycles. The minimum atomic E-state index is -4.55. The molecule has 3 aromatic heterocycles. The lowest BCUT2D eigenvalue weighted by molar-refractivity contribution is -0.141. The third-order valence-corrected chi connectivity index (χ3v) is 5.84. The van der Waals surface area contributed by atoms with E-state index < -0.39 is 17.8 Å². The summed E-state index contributed by atoms with van der Waals surface area (Å²) in [5, 5.41) is 20.9. The largest absolute Gasteiger partial charge is 0.433 e. The molecule has 2 N–H and O–H groups in total. The van der Waals surface area contributed by atoms with Crippen molar-refractivity contribution in [1.82, 2.24) is 35.4 Å². The number of aromatic amines is 1. The number of carbonyl (C=O) groups excluding carboxylic acids is 1. The first-order valence-corrected chi connectivity index (χ1v) is 11.6. The van der Waals surface area contributed by atoms with E-state index in [2.05, 4.69) is 36.0 Å². The molecule has 2 aromatic carbocycles. The Bertz CT molecular complexity index is 1560. The molecular weight excluding hydrogens is 544 g/mol. The van der Waals surface area contributed by atoms with Crippen LogP contribution < -0.4 is 5.32 Å². The number of aromatic nitrogens is 7. The van der Waals surface area contributed by atoms with Crippen molar-refractivity contribution in [3.8, 4) is 22.5 Å². The molecule has 0 aliphatic rings. The van der Waals surface area contributed by atoms with Crippen LogP contribution in [0.2, 0.25) is 10.0 Å². The number of nitrogens with zero attached hydrogens (tertiary/aromatic N) is 6. The van der Waals surface area contributed by atoms with Crippen LogP contribution in [0.5, 0.6) is 0 Å². The Morgan fingerprint density at radius 3 is 2.32 bits per heavy atom. The summed E-state index contributed by atoms with van der Waals surface area (Å²) in [4.78, 5) is 15.9. The first kappa shape index (κ1) is 25.4. The average molecular weight is 559 g/mol. The monoisotopic (exact) mass is 558 g/mol. The highest BCUT2D eigenvalue weighted by molar-refractivity contribution is 6.35. The summed E-state index contributed by atoms with van der Waals surface area (Å²) in [6.07, 6.45) is -3.42. The topological polar surface area (TPSA) is 114 Å². The molecule has 5 rings (SSSR count). The van der Waals surface area contributed by atoms with Crippen LogP contribution in [0.1, 0.15) is 21.6 Å². The fourth-order valence-corrected chi connectivity index (χ4v) is 4.17. The summed E-state index contributed by atoms with van der Waals surface area (Å²) in [6, 6.07) is 15.7. The molecule has 0 unspecified atom stereocenters. The number of alkyl halides is 3. The zero-order chi connectivity index (χ0) is 26.9. The molecule has 14 heteroatoms. The summed E-state index contributed by atoms with van der Waals surface area (Å²) in [7, 11) is 0. The Kier molecular flexibility index (Phi) is 6.83. The zero-order valence-corrected chi connectivity index (χ0v) is 20.6. The number of anilines is 1. The van der Waals surface area contributed by atoms with E-state index in [4.69, 9.17) is 23.2 Å². The van der Waals surface area contributed by atoms with Gasteiger partial charge in [0.2, 0.25) is 0 Å². The first-order valence-electron chi connectivity index (χ1n) is 10.9. The van der Waals surface area contributed by atoms with E-state index in [0.29, 0.717) is 38.1 Å². The van der Waals surface area contributed by atoms with Gasteiger partial charge < -0.3 is 0 Å². The Morgan fingerprint density at radius 2 is 1.71 bits per heavy atom. The number of hydrogen-bond donors (Lipinski definition) is 2. The number of nitrogens with one attached hydrogen (secondary N) is 2. The van der Waals surface area contributed by atoms with Gasteiger partial charge in [0.15, 0.2) is 0 Å². The van der Waals surface area contributed by atoms with Crippen LogP contribution in [0.3, 0.4) is 0 Å². The summed E-state index contributed by atoms with van der Waals surface area (Å²) in [5.41, 5.74) is 2.28. The Balaban J connectivity index is 1.46. The highest BCUT2D eigenvalue weighted by Gasteiger charge is 2.32. The summed E-state index contributed by atoms with van der Waals surface area (Å²) < 4.78 is 40.5. The fourth-order valence-electron chi connectivity index (χ4n) is 3.65. The van der Waals surface area contributed by atoms with E-state index in [1.807, 2.05) is 0 Å². The lowest BCUT2D eigenvalue weighted by atomic mass is 10.1. The van der Waals surface area contributed by atoms with Crippen LogP contribution in [-0.4, -0.2) is 41.3 Å². The minimum Gasteiger partial charge on any atom is -0.288 e. The molecule has 192 valence electrons. The van der Waals surface area contributed by atoms with Crippen LogP contribution in [0.4, 0.5) is 19.1 Å². The van der Waals surface area contributed by atoms with Gasteiger partial charge in [0.05, 0.1) is 17.9 Å². The zero-order valence-electron chi connectivity index (χ0n) is 19.0. The highest BCUT2D eigenvalue weighted by Crippen LogP contribution is 2.32. The summed E-state index contributed by atoms with van der Waals surface area (Å²) in [6.45, 7) is 0.278. The molecule has 0 saturated heterocycles. The maximum absolute atomic E-state index is 13.0. The van der Waals surface area contributed by atoms with Crippen molar-refractivity contribution >= 4 is 35.1 Å². The number of H-pyrrole nitrogens is 1. The number of carbonyl (C=O) groups is 1. The number of rotatable bonds is 6. The van der Waals surface area contributed by atoms with Gasteiger partial charge in [-0.3, -0.25) is 19.8 Å². The van der Waals surface area contributed by atoms with Gasteiger partial charge >= 0.3 is 6.18 Å². The van der Waals surface area contributed by atoms with Gasteiger partial charge in [-0.15, -0.1) is 5.10 Å². The molecule has 0 atom stereocenters. The number of halogens is 5. The maximum Gasteiger partial charge on any atom is 0.433 e. The third-order valence-electron chi connectivity index (χ3n) is 5.41. The van der Waals surface area contributed by atoms with Crippen molar-refractivity contribution < 1.29 is 18.0 Å². The number of amides is 1. The number of benzene rings is 2. The molecule has 1 amide bonds. The van der Waals surface area contributed by atoms with Gasteiger partial charge in [0.25, 0.3) is 11.9 Å². The quantitative estimate of drug-likeness (QED) is 0.274. The van der Waals surface area contributed by atoms with Crippen LogP contribution >= 0.6 is 23.2 Å². The molecule has 0 aliphatic heterocycles. The second-order valence-electron chi connectivity index (χ2n) is 8.05. The van der Waals surface area contributed by atoms with Crippen molar-refractivity contribution in [3.63, 3.8) is 0 Å². The van der Waals surface area contributed by atoms with Crippen LogP contribution in [0.15, 0.2) is 66.9 Å². The molecule has 0 bridgehead atoms. The highest BCUT2D eigenvalue weighted by atomic mass is 35.5. The van der Waals surface area contributed by atoms with Crippen molar-refractivity contribution in [1.29, 1.82) is 0 Å². The Labute approximate surface area is 222 Å². The fraction of sp³-hybridized carbons (Fsp3) is 0.0833. The van der Waals surface area contributed by atoms with Gasteiger partial charge in [-0.1, -0.05) is 40.4 Å². The average Bonchev–Trinajstić information content (AvgIpc) is 3.54. The molecule has 38 heavy (non-hydrogen) atoms. The van der Waals surface area contributed by atoms with Crippen molar-refractivity contribution in [3.05, 3.63) is 93.7 Å². The Morgan fingerprint density at radius 1 is 0.974 bits per heavy atom. The third kappa shape index (κ3) is 5.66. The van der Waals surface area contributed by atoms with Gasteiger partial charge in [-0.2, -0.15) is 23.5 Å². The van der Waals surface area contributed by atoms with E-state index in [1.165, 1.54) is 6.07 Å². The van der Waals surface area contributed by atoms with Gasteiger partial charge in [-0.25, -0.2) is 0 Å². The van der Waals surface area contributed by atoms with Crippen LogP contribution in [0.25, 0.3) is 22.5 Å². The smallest absolute Gasteiger partial charge is 0.288 e. The summed E-state index contributed by atoms with van der Waals surface area (Å²) in [5.74, 6) is -0.367. The predicted octanol–water partition coefficient (Wildman–Crippen LogP) is 5.75. The molecule has 5 aromatic rings. The molecule has 0 fully saturated rings. The Hall–Kier alpha value is -4.29. The van der Waals surface area contributed by atoms with Gasteiger partial charge in [-0.05, 0) is 59.3 Å². The summed E-state index contributed by atoms with van der Waals surface area (Å²) >= 11 is 12.4. The number of pyridine rings is 1. The lowest BCUT2D eigenvalue weighted by Crippen LogP contribution is -2.13. The first-order chi connectivity index (χ1) is 18.2.